The molecule has 0 spiro atoms. The summed E-state index contributed by atoms with van der Waals surface area (Å²) in [5.74, 6) is 0.0669. The first kappa shape index (κ1) is 10.0. The molecule has 0 aromatic heterocycles. The van der Waals surface area contributed by atoms with Crippen LogP contribution in [-0.4, -0.2) is 17.6 Å². The lowest BCUT2D eigenvalue weighted by Gasteiger charge is -2.14. The second-order valence-electron chi connectivity index (χ2n) is 3.44. The third-order valence-electron chi connectivity index (χ3n) is 2.52. The highest BCUT2D eigenvalue weighted by molar-refractivity contribution is 7.78. The van der Waals surface area contributed by atoms with Gasteiger partial charge in [-0.25, -0.2) is 0 Å². The summed E-state index contributed by atoms with van der Waals surface area (Å²) >= 11 is 4.55. The van der Waals surface area contributed by atoms with Crippen LogP contribution in [0.15, 0.2) is 23.2 Å². The molecule has 2 rings (SSSR count). The van der Waals surface area contributed by atoms with Crippen molar-refractivity contribution in [2.24, 2.45) is 4.99 Å². The van der Waals surface area contributed by atoms with Crippen LogP contribution in [0.2, 0.25) is 0 Å². The Morgan fingerprint density at radius 2 is 2.40 bits per heavy atom. The first-order valence-corrected chi connectivity index (χ1v) is 5.12. The molecule has 0 radical (unpaired) electrons. The fourth-order valence-corrected chi connectivity index (χ4v) is 1.92. The predicted molar refractivity (Wildman–Crippen MR) is 62.9 cm³/mol. The van der Waals surface area contributed by atoms with E-state index in [1.54, 1.807) is 11.8 Å². The van der Waals surface area contributed by atoms with E-state index in [1.165, 1.54) is 5.56 Å². The van der Waals surface area contributed by atoms with Gasteiger partial charge in [0.05, 0.1) is 10.8 Å². The summed E-state index contributed by atoms with van der Waals surface area (Å²) < 4.78 is 0. The molecule has 1 aromatic rings. The van der Waals surface area contributed by atoms with E-state index in [0.717, 1.165) is 24.3 Å². The number of carbonyl (C=O) groups is 1. The van der Waals surface area contributed by atoms with E-state index in [4.69, 9.17) is 0 Å². The third-order valence-corrected chi connectivity index (χ3v) is 2.61. The Morgan fingerprint density at radius 1 is 1.60 bits per heavy atom. The van der Waals surface area contributed by atoms with Gasteiger partial charge in [-0.2, -0.15) is 4.99 Å². The second kappa shape index (κ2) is 3.93. The molecule has 0 bridgehead atoms. The Hall–Kier alpha value is -1.51. The summed E-state index contributed by atoms with van der Waals surface area (Å²) in [6.45, 7) is 2.33. The molecule has 1 amide bonds. The Kier molecular flexibility index (Phi) is 2.62. The van der Waals surface area contributed by atoms with Crippen molar-refractivity contribution in [3.05, 3.63) is 23.8 Å². The molecule has 0 atom stereocenters. The number of fused-ring (bicyclic) bond motifs is 1. The highest BCUT2D eigenvalue weighted by atomic mass is 32.1. The fourth-order valence-electron chi connectivity index (χ4n) is 1.82. The van der Waals surface area contributed by atoms with Crippen LogP contribution in [0.25, 0.3) is 0 Å². The van der Waals surface area contributed by atoms with Crippen molar-refractivity contribution in [3.63, 3.8) is 0 Å². The highest BCUT2D eigenvalue weighted by Crippen LogP contribution is 2.31. The maximum atomic E-state index is 11.3. The van der Waals surface area contributed by atoms with Gasteiger partial charge in [-0.15, -0.1) is 0 Å². The van der Waals surface area contributed by atoms with Crippen LogP contribution in [0.5, 0.6) is 0 Å². The van der Waals surface area contributed by atoms with Gasteiger partial charge in [-0.05, 0) is 36.3 Å². The molecule has 1 aliphatic rings. The molecule has 1 aromatic carbocycles. The van der Waals surface area contributed by atoms with Crippen LogP contribution in [0.4, 0.5) is 11.4 Å². The summed E-state index contributed by atoms with van der Waals surface area (Å²) in [4.78, 5) is 17.0. The third kappa shape index (κ3) is 1.82. The molecule has 0 N–H and O–H groups in total. The summed E-state index contributed by atoms with van der Waals surface area (Å²) in [5, 5.41) is 2.32. The van der Waals surface area contributed by atoms with Crippen molar-refractivity contribution >= 4 is 34.7 Å². The van der Waals surface area contributed by atoms with E-state index in [0.29, 0.717) is 0 Å². The molecule has 1 heterocycles. The number of nitrogens with zero attached hydrogens (tertiary/aromatic N) is 2. The standard InChI is InChI=1S/C11H10N2OS/c1-8(14)13-5-4-9-2-3-10(12-7-15)6-11(9)13/h2-3,6H,4-5H2,1H3. The minimum atomic E-state index is 0.0669. The van der Waals surface area contributed by atoms with Gasteiger partial charge in [-0.3, -0.25) is 4.79 Å². The van der Waals surface area contributed by atoms with Crippen LogP contribution < -0.4 is 4.90 Å². The number of aliphatic imine (C=N–C) groups is 1. The van der Waals surface area contributed by atoms with Gasteiger partial charge < -0.3 is 4.90 Å². The molecule has 3 nitrogen and oxygen atoms in total. The van der Waals surface area contributed by atoms with Crippen molar-refractivity contribution in [1.29, 1.82) is 0 Å². The lowest BCUT2D eigenvalue weighted by Crippen LogP contribution is -2.25. The Balaban J connectivity index is 2.46. The molecule has 15 heavy (non-hydrogen) atoms. The SMILES string of the molecule is CC(=O)N1CCc2ccc(N=C=S)cc21. The highest BCUT2D eigenvalue weighted by Gasteiger charge is 2.21. The fraction of sp³-hybridized carbons (Fsp3) is 0.273. The molecular formula is C11H10N2OS. The van der Waals surface area contributed by atoms with Crippen LogP contribution in [0.3, 0.4) is 0 Å². The normalized spacial score (nSPS) is 13.3. The average molecular weight is 218 g/mol. The molecule has 0 saturated heterocycles. The Labute approximate surface area is 93.4 Å². The molecular weight excluding hydrogens is 208 g/mol. The maximum Gasteiger partial charge on any atom is 0.223 e. The van der Waals surface area contributed by atoms with Crippen LogP contribution in [0.1, 0.15) is 12.5 Å². The van der Waals surface area contributed by atoms with E-state index in [-0.39, 0.29) is 5.91 Å². The quantitative estimate of drug-likeness (QED) is 0.535. The minimum absolute atomic E-state index is 0.0669. The Bertz CT molecular complexity index is 464. The number of rotatable bonds is 1. The maximum absolute atomic E-state index is 11.3. The number of anilines is 1. The van der Waals surface area contributed by atoms with Gasteiger partial charge in [0.1, 0.15) is 0 Å². The monoisotopic (exact) mass is 218 g/mol. The van der Waals surface area contributed by atoms with Gasteiger partial charge in [-0.1, -0.05) is 6.07 Å². The second-order valence-corrected chi connectivity index (χ2v) is 3.62. The molecule has 1 aliphatic heterocycles. The molecule has 0 unspecified atom stereocenters. The van der Waals surface area contributed by atoms with Gasteiger partial charge in [0.15, 0.2) is 0 Å². The largest absolute Gasteiger partial charge is 0.312 e. The molecule has 0 aliphatic carbocycles. The number of carbonyl (C=O) groups excluding carboxylic acids is 1. The van der Waals surface area contributed by atoms with Crippen LogP contribution in [0, 0.1) is 0 Å². The van der Waals surface area contributed by atoms with Gasteiger partial charge in [0.25, 0.3) is 0 Å². The molecule has 76 valence electrons. The number of hydrogen-bond acceptors (Lipinski definition) is 3. The minimum Gasteiger partial charge on any atom is -0.312 e. The van der Waals surface area contributed by atoms with Crippen molar-refractivity contribution in [3.8, 4) is 0 Å². The lowest BCUT2D eigenvalue weighted by molar-refractivity contribution is -0.116. The first-order valence-electron chi connectivity index (χ1n) is 4.71. The zero-order chi connectivity index (χ0) is 10.8. The van der Waals surface area contributed by atoms with E-state index >= 15 is 0 Å². The number of amides is 1. The van der Waals surface area contributed by atoms with E-state index in [2.05, 4.69) is 22.4 Å². The molecule has 0 fully saturated rings. The van der Waals surface area contributed by atoms with Crippen LogP contribution >= 0.6 is 12.2 Å². The summed E-state index contributed by atoms with van der Waals surface area (Å²) in [5.41, 5.74) is 2.89. The van der Waals surface area contributed by atoms with Gasteiger partial charge in [0, 0.05) is 19.2 Å². The molecule has 4 heteroatoms. The van der Waals surface area contributed by atoms with Crippen LogP contribution in [-0.2, 0) is 11.2 Å². The zero-order valence-corrected chi connectivity index (χ0v) is 9.17. The smallest absolute Gasteiger partial charge is 0.223 e. The topological polar surface area (TPSA) is 32.7 Å². The van der Waals surface area contributed by atoms with E-state index in [1.807, 2.05) is 18.2 Å². The van der Waals surface area contributed by atoms with Crippen molar-refractivity contribution in [2.75, 3.05) is 11.4 Å². The number of hydrogen-bond donors (Lipinski definition) is 0. The number of thiocarbonyl (C=S) groups is 1. The van der Waals surface area contributed by atoms with Crippen molar-refractivity contribution in [2.45, 2.75) is 13.3 Å². The molecule has 0 saturated carbocycles. The van der Waals surface area contributed by atoms with Crippen molar-refractivity contribution < 1.29 is 4.79 Å². The Morgan fingerprint density at radius 3 is 3.07 bits per heavy atom. The van der Waals surface area contributed by atoms with Gasteiger partial charge >= 0.3 is 0 Å². The van der Waals surface area contributed by atoms with E-state index in [9.17, 15) is 4.79 Å². The van der Waals surface area contributed by atoms with Gasteiger partial charge in [0.2, 0.25) is 5.91 Å². The number of isothiocyanates is 1. The summed E-state index contributed by atoms with van der Waals surface area (Å²) in [6, 6.07) is 5.76. The van der Waals surface area contributed by atoms with E-state index < -0.39 is 0 Å². The lowest BCUT2D eigenvalue weighted by atomic mass is 10.1. The predicted octanol–water partition coefficient (Wildman–Crippen LogP) is 2.33. The zero-order valence-electron chi connectivity index (χ0n) is 8.36. The summed E-state index contributed by atoms with van der Waals surface area (Å²) in [7, 11) is 0. The summed E-state index contributed by atoms with van der Waals surface area (Å²) in [6.07, 6.45) is 0.913. The first-order chi connectivity index (χ1) is 7.22. The average Bonchev–Trinajstić information content (AvgIpc) is 2.61. The number of benzene rings is 1. The van der Waals surface area contributed by atoms with Crippen molar-refractivity contribution in [1.82, 2.24) is 0 Å².